The molecule has 0 aliphatic heterocycles. The minimum absolute atomic E-state index is 0.0620. The molecule has 1 aromatic carbocycles. The molecule has 21 heavy (non-hydrogen) atoms. The fourth-order valence-corrected chi connectivity index (χ4v) is 2.21. The number of nitrogens with one attached hydrogen (secondary N) is 2. The molecule has 8 heteroatoms. The number of aromatic carboxylic acids is 1. The van der Waals surface area contributed by atoms with Crippen molar-refractivity contribution in [2.24, 2.45) is 0 Å². The number of carboxylic acid groups (broad SMARTS) is 1. The molecule has 0 unspecified atom stereocenters. The second kappa shape index (κ2) is 6.57. The monoisotopic (exact) mass is 400 g/mol. The number of H-pyrrole nitrogens is 1. The second-order valence-electron chi connectivity index (χ2n) is 4.39. The number of anilines is 1. The highest BCUT2D eigenvalue weighted by molar-refractivity contribution is 14.1. The maximum Gasteiger partial charge on any atom is 0.337 e. The van der Waals surface area contributed by atoms with Crippen LogP contribution >= 0.6 is 22.6 Å². The number of aromatic amines is 1. The summed E-state index contributed by atoms with van der Waals surface area (Å²) < 4.78 is 0.787. The van der Waals surface area contributed by atoms with Crippen molar-refractivity contribution in [2.45, 2.75) is 6.54 Å². The van der Waals surface area contributed by atoms with Gasteiger partial charge in [-0.25, -0.2) is 9.59 Å². The van der Waals surface area contributed by atoms with E-state index in [0.717, 1.165) is 9.13 Å². The normalized spacial score (nSPS) is 10.2. The first-order valence-corrected chi connectivity index (χ1v) is 7.08. The molecule has 0 fully saturated rings. The van der Waals surface area contributed by atoms with Crippen LogP contribution in [-0.4, -0.2) is 39.3 Å². The van der Waals surface area contributed by atoms with Gasteiger partial charge in [0.15, 0.2) is 0 Å². The third kappa shape index (κ3) is 3.94. The molecule has 7 nitrogen and oxygen atoms in total. The number of carbonyl (C=O) groups is 2. The molecule has 0 radical (unpaired) electrons. The number of urea groups is 1. The fraction of sp³-hybridized carbons (Fsp3) is 0.154. The van der Waals surface area contributed by atoms with Crippen molar-refractivity contribution in [1.29, 1.82) is 0 Å². The van der Waals surface area contributed by atoms with Gasteiger partial charge in [-0.15, -0.1) is 0 Å². The molecule has 0 spiro atoms. The molecular weight excluding hydrogens is 387 g/mol. The number of amides is 2. The summed E-state index contributed by atoms with van der Waals surface area (Å²) in [7, 11) is 1.62. The zero-order valence-electron chi connectivity index (χ0n) is 11.1. The van der Waals surface area contributed by atoms with E-state index in [4.69, 9.17) is 5.11 Å². The van der Waals surface area contributed by atoms with Crippen LogP contribution < -0.4 is 5.32 Å². The van der Waals surface area contributed by atoms with Gasteiger partial charge in [-0.3, -0.25) is 5.10 Å². The van der Waals surface area contributed by atoms with Crippen LogP contribution in [0.2, 0.25) is 0 Å². The summed E-state index contributed by atoms with van der Waals surface area (Å²) in [6, 6.07) is 4.43. The molecule has 110 valence electrons. The van der Waals surface area contributed by atoms with Crippen molar-refractivity contribution in [3.8, 4) is 0 Å². The summed E-state index contributed by atoms with van der Waals surface area (Å²) in [5.41, 5.74) is 1.19. The average molecular weight is 400 g/mol. The summed E-state index contributed by atoms with van der Waals surface area (Å²) in [5, 5.41) is 18.2. The first kappa shape index (κ1) is 15.3. The average Bonchev–Trinajstić information content (AvgIpc) is 2.93. The fourth-order valence-electron chi connectivity index (χ4n) is 1.72. The first-order valence-electron chi connectivity index (χ1n) is 6.00. The van der Waals surface area contributed by atoms with Crippen molar-refractivity contribution in [3.63, 3.8) is 0 Å². The number of hydrogen-bond donors (Lipinski definition) is 3. The van der Waals surface area contributed by atoms with Gasteiger partial charge >= 0.3 is 12.0 Å². The standard InChI is InChI=1S/C13H13IN4O3/c1-18(7-8-5-15-16-6-8)13(21)17-11-3-2-9(14)4-10(11)12(19)20/h2-6H,7H2,1H3,(H,15,16)(H,17,21)(H,19,20). The Kier molecular flexibility index (Phi) is 4.78. The van der Waals surface area contributed by atoms with Gasteiger partial charge in [0, 0.05) is 22.4 Å². The van der Waals surface area contributed by atoms with Gasteiger partial charge in [0.05, 0.1) is 24.0 Å². The van der Waals surface area contributed by atoms with E-state index in [2.05, 4.69) is 15.5 Å². The summed E-state index contributed by atoms with van der Waals surface area (Å²) in [4.78, 5) is 24.7. The lowest BCUT2D eigenvalue weighted by atomic mass is 10.2. The molecule has 2 amide bonds. The molecule has 0 saturated carbocycles. The van der Waals surface area contributed by atoms with Gasteiger partial charge in [-0.2, -0.15) is 5.10 Å². The van der Waals surface area contributed by atoms with Crippen LogP contribution in [0.3, 0.4) is 0 Å². The van der Waals surface area contributed by atoms with Crippen LogP contribution in [0.5, 0.6) is 0 Å². The summed E-state index contributed by atoms with van der Waals surface area (Å²) in [6.07, 6.45) is 3.31. The van der Waals surface area contributed by atoms with E-state index in [1.807, 2.05) is 22.6 Å². The molecule has 1 aromatic heterocycles. The minimum atomic E-state index is -1.08. The number of carboxylic acids is 1. The third-order valence-electron chi connectivity index (χ3n) is 2.77. The SMILES string of the molecule is CN(Cc1cn[nH]c1)C(=O)Nc1ccc(I)cc1C(=O)O. The van der Waals surface area contributed by atoms with Gasteiger partial charge < -0.3 is 15.3 Å². The van der Waals surface area contributed by atoms with E-state index >= 15 is 0 Å². The minimum Gasteiger partial charge on any atom is -0.478 e. The van der Waals surface area contributed by atoms with E-state index < -0.39 is 5.97 Å². The number of rotatable bonds is 4. The topological polar surface area (TPSA) is 98.3 Å². The lowest BCUT2D eigenvalue weighted by molar-refractivity contribution is 0.0698. The highest BCUT2D eigenvalue weighted by Crippen LogP contribution is 2.19. The first-order chi connectivity index (χ1) is 9.97. The molecule has 0 bridgehead atoms. The van der Waals surface area contributed by atoms with Crippen molar-refractivity contribution >= 4 is 40.3 Å². The Bertz CT molecular complexity index is 657. The molecule has 0 aliphatic carbocycles. The molecule has 1 heterocycles. The molecule has 3 N–H and O–H groups in total. The predicted octanol–water partition coefficient (Wildman–Crippen LogP) is 2.38. The number of nitrogens with zero attached hydrogens (tertiary/aromatic N) is 2. The van der Waals surface area contributed by atoms with Crippen LogP contribution in [-0.2, 0) is 6.54 Å². The third-order valence-corrected chi connectivity index (χ3v) is 3.45. The van der Waals surface area contributed by atoms with Crippen LogP contribution in [0.1, 0.15) is 15.9 Å². The van der Waals surface area contributed by atoms with Crippen molar-refractivity contribution in [2.75, 3.05) is 12.4 Å². The summed E-state index contributed by atoms with van der Waals surface area (Å²) in [5.74, 6) is -1.08. The highest BCUT2D eigenvalue weighted by atomic mass is 127. The number of hydrogen-bond acceptors (Lipinski definition) is 3. The van der Waals surface area contributed by atoms with Crippen molar-refractivity contribution in [1.82, 2.24) is 15.1 Å². The molecule has 0 saturated heterocycles. The zero-order valence-corrected chi connectivity index (χ0v) is 13.3. The molecule has 2 rings (SSSR count). The van der Waals surface area contributed by atoms with Crippen molar-refractivity contribution < 1.29 is 14.7 Å². The van der Waals surface area contributed by atoms with E-state index in [1.54, 1.807) is 31.6 Å². The van der Waals surface area contributed by atoms with E-state index in [1.165, 1.54) is 11.0 Å². The van der Waals surface area contributed by atoms with E-state index in [9.17, 15) is 9.59 Å². The largest absolute Gasteiger partial charge is 0.478 e. The predicted molar refractivity (Wildman–Crippen MR) is 85.2 cm³/mol. The second-order valence-corrected chi connectivity index (χ2v) is 5.63. The van der Waals surface area contributed by atoms with E-state index in [-0.39, 0.29) is 17.3 Å². The Morgan fingerprint density at radius 1 is 1.48 bits per heavy atom. The van der Waals surface area contributed by atoms with Crippen LogP contribution in [0.4, 0.5) is 10.5 Å². The van der Waals surface area contributed by atoms with Crippen molar-refractivity contribution in [3.05, 3.63) is 45.3 Å². The number of carbonyl (C=O) groups excluding carboxylic acids is 1. The Balaban J connectivity index is 2.10. The van der Waals surface area contributed by atoms with E-state index in [0.29, 0.717) is 6.54 Å². The van der Waals surface area contributed by atoms with Gasteiger partial charge in [0.2, 0.25) is 0 Å². The van der Waals surface area contributed by atoms with Gasteiger partial charge in [0.1, 0.15) is 0 Å². The van der Waals surface area contributed by atoms with Gasteiger partial charge in [0.25, 0.3) is 0 Å². The van der Waals surface area contributed by atoms with Crippen LogP contribution in [0.15, 0.2) is 30.6 Å². The number of aromatic nitrogens is 2. The Labute approximate surface area is 134 Å². The summed E-state index contributed by atoms with van der Waals surface area (Å²) in [6.45, 7) is 0.370. The molecule has 0 atom stereocenters. The Morgan fingerprint density at radius 3 is 2.86 bits per heavy atom. The lowest BCUT2D eigenvalue weighted by Gasteiger charge is -2.18. The lowest BCUT2D eigenvalue weighted by Crippen LogP contribution is -2.31. The number of benzene rings is 1. The molecule has 0 aliphatic rings. The van der Waals surface area contributed by atoms with Gasteiger partial charge in [-0.05, 0) is 40.8 Å². The van der Waals surface area contributed by atoms with Crippen LogP contribution in [0, 0.1) is 3.57 Å². The molecular formula is C13H13IN4O3. The molecule has 2 aromatic rings. The number of halogens is 1. The van der Waals surface area contributed by atoms with Crippen LogP contribution in [0.25, 0.3) is 0 Å². The zero-order chi connectivity index (χ0) is 15.4. The highest BCUT2D eigenvalue weighted by Gasteiger charge is 2.15. The maximum atomic E-state index is 12.1. The Morgan fingerprint density at radius 2 is 2.24 bits per heavy atom. The summed E-state index contributed by atoms with van der Waals surface area (Å²) >= 11 is 2.02. The maximum absolute atomic E-state index is 12.1. The smallest absolute Gasteiger partial charge is 0.337 e. The Hall–Kier alpha value is -2.10. The quantitative estimate of drug-likeness (QED) is 0.687. The van der Waals surface area contributed by atoms with Gasteiger partial charge in [-0.1, -0.05) is 0 Å².